The van der Waals surface area contributed by atoms with Gasteiger partial charge in [-0.2, -0.15) is 0 Å². The van der Waals surface area contributed by atoms with Crippen molar-refractivity contribution in [1.29, 1.82) is 0 Å². The van der Waals surface area contributed by atoms with Crippen molar-refractivity contribution in [3.05, 3.63) is 108 Å². The Morgan fingerprint density at radius 1 is 0.690 bits per heavy atom. The maximum absolute atomic E-state index is 6.13. The minimum Gasteiger partial charge on any atom is -0.456 e. The van der Waals surface area contributed by atoms with Crippen LogP contribution in [0.15, 0.2) is 106 Å². The molecule has 0 unspecified atom stereocenters. The highest BCUT2D eigenvalue weighted by molar-refractivity contribution is 6.06. The Bertz CT molecular complexity index is 1330. The van der Waals surface area contributed by atoms with Gasteiger partial charge in [0, 0.05) is 16.3 Å². The van der Waals surface area contributed by atoms with Gasteiger partial charge in [0.1, 0.15) is 17.0 Å². The van der Waals surface area contributed by atoms with Crippen LogP contribution in [0.25, 0.3) is 33.1 Å². The molecule has 0 aliphatic rings. The number of rotatable bonds is 4. The summed E-state index contributed by atoms with van der Waals surface area (Å²) in [5.74, 6) is 0.558. The van der Waals surface area contributed by atoms with Gasteiger partial charge >= 0.3 is 0 Å². The molecule has 0 amide bonds. The van der Waals surface area contributed by atoms with Crippen molar-refractivity contribution >= 4 is 27.8 Å². The molecule has 29 heavy (non-hydrogen) atoms. The molecular weight excluding hydrogens is 356 g/mol. The van der Waals surface area contributed by atoms with Crippen molar-refractivity contribution in [2.45, 2.75) is 6.54 Å². The summed E-state index contributed by atoms with van der Waals surface area (Å²) in [6, 6.07) is 32.8. The number of aliphatic imine (C=N–C) groups is 1. The van der Waals surface area contributed by atoms with E-state index in [0.717, 1.165) is 44.2 Å². The topological polar surface area (TPSA) is 51.5 Å². The highest BCUT2D eigenvalue weighted by Crippen LogP contribution is 2.32. The lowest BCUT2D eigenvalue weighted by molar-refractivity contribution is 0.669. The fraction of sp³-hybridized carbons (Fsp3) is 0.0385. The van der Waals surface area contributed by atoms with Crippen LogP contribution in [0.4, 0.5) is 0 Å². The van der Waals surface area contributed by atoms with Crippen molar-refractivity contribution in [1.82, 2.24) is 0 Å². The normalized spacial score (nSPS) is 11.9. The third-order valence-corrected chi connectivity index (χ3v) is 5.14. The molecule has 0 spiro atoms. The second kappa shape index (κ2) is 7.28. The molecule has 0 aliphatic heterocycles. The van der Waals surface area contributed by atoms with Gasteiger partial charge in [0.15, 0.2) is 0 Å². The van der Waals surface area contributed by atoms with Gasteiger partial charge in [0.25, 0.3) is 0 Å². The van der Waals surface area contributed by atoms with Gasteiger partial charge in [-0.3, -0.25) is 4.99 Å². The van der Waals surface area contributed by atoms with Crippen molar-refractivity contribution < 1.29 is 4.42 Å². The Morgan fingerprint density at radius 3 is 2.34 bits per heavy atom. The summed E-state index contributed by atoms with van der Waals surface area (Å²) >= 11 is 0. The maximum atomic E-state index is 6.13. The van der Waals surface area contributed by atoms with Crippen LogP contribution in [0.3, 0.4) is 0 Å². The van der Waals surface area contributed by atoms with Crippen molar-refractivity contribution in [2.24, 2.45) is 10.7 Å². The monoisotopic (exact) mass is 376 g/mol. The van der Waals surface area contributed by atoms with E-state index in [4.69, 9.17) is 10.2 Å². The first-order valence-corrected chi connectivity index (χ1v) is 9.64. The first kappa shape index (κ1) is 17.3. The van der Waals surface area contributed by atoms with Crippen LogP contribution in [-0.4, -0.2) is 5.84 Å². The predicted molar refractivity (Wildman–Crippen MR) is 120 cm³/mol. The van der Waals surface area contributed by atoms with E-state index >= 15 is 0 Å². The summed E-state index contributed by atoms with van der Waals surface area (Å²) in [7, 11) is 0. The summed E-state index contributed by atoms with van der Waals surface area (Å²) in [6.45, 7) is 0.547. The van der Waals surface area contributed by atoms with E-state index in [9.17, 15) is 0 Å². The van der Waals surface area contributed by atoms with Crippen LogP contribution in [0.5, 0.6) is 0 Å². The van der Waals surface area contributed by atoms with E-state index in [-0.39, 0.29) is 0 Å². The van der Waals surface area contributed by atoms with Gasteiger partial charge in [-0.1, -0.05) is 72.8 Å². The summed E-state index contributed by atoms with van der Waals surface area (Å²) < 4.78 is 5.94. The molecule has 1 heterocycles. The van der Waals surface area contributed by atoms with Crippen LogP contribution in [0.1, 0.15) is 11.1 Å². The summed E-state index contributed by atoms with van der Waals surface area (Å²) in [6.07, 6.45) is 0. The third kappa shape index (κ3) is 3.39. The van der Waals surface area contributed by atoms with Gasteiger partial charge in [0.05, 0.1) is 6.54 Å². The maximum Gasteiger partial charge on any atom is 0.135 e. The molecule has 4 aromatic carbocycles. The fourth-order valence-electron chi connectivity index (χ4n) is 3.63. The SMILES string of the molecule is NC(=NCc1cccc(-c2ccc3oc4ccccc4c3c2)c1)c1ccccc1. The highest BCUT2D eigenvalue weighted by Gasteiger charge is 2.08. The Hall–Kier alpha value is -3.85. The first-order chi connectivity index (χ1) is 14.3. The standard InChI is InChI=1S/C26H20N2O/c27-26(19-8-2-1-3-9-19)28-17-18-7-6-10-20(15-18)21-13-14-25-23(16-21)22-11-4-5-12-24(22)29-25/h1-16H,17H2,(H2,27,28). The first-order valence-electron chi connectivity index (χ1n) is 9.64. The van der Waals surface area contributed by atoms with E-state index in [1.165, 1.54) is 0 Å². The van der Waals surface area contributed by atoms with E-state index in [0.29, 0.717) is 12.4 Å². The number of nitrogens with two attached hydrogens (primary N) is 1. The van der Waals surface area contributed by atoms with Crippen molar-refractivity contribution in [3.63, 3.8) is 0 Å². The molecule has 5 rings (SSSR count). The Kier molecular flexibility index (Phi) is 4.34. The zero-order chi connectivity index (χ0) is 19.6. The quantitative estimate of drug-likeness (QED) is 0.302. The largest absolute Gasteiger partial charge is 0.456 e. The van der Waals surface area contributed by atoms with Gasteiger partial charge in [-0.15, -0.1) is 0 Å². The zero-order valence-corrected chi connectivity index (χ0v) is 15.9. The number of nitrogens with zero attached hydrogens (tertiary/aromatic N) is 1. The third-order valence-electron chi connectivity index (χ3n) is 5.14. The second-order valence-corrected chi connectivity index (χ2v) is 7.08. The van der Waals surface area contributed by atoms with Gasteiger partial charge in [0.2, 0.25) is 0 Å². The molecule has 0 saturated carbocycles. The molecule has 1 aromatic heterocycles. The molecular formula is C26H20N2O. The lowest BCUT2D eigenvalue weighted by Gasteiger charge is -2.06. The van der Waals surface area contributed by atoms with E-state index in [1.807, 2.05) is 54.6 Å². The molecule has 0 atom stereocenters. The molecule has 0 radical (unpaired) electrons. The molecule has 3 nitrogen and oxygen atoms in total. The minimum absolute atomic E-state index is 0.547. The van der Waals surface area contributed by atoms with Crippen LogP contribution in [0.2, 0.25) is 0 Å². The Balaban J connectivity index is 1.47. The molecule has 0 aliphatic carbocycles. The zero-order valence-electron chi connectivity index (χ0n) is 15.9. The number of amidine groups is 1. The van der Waals surface area contributed by atoms with Gasteiger partial charge < -0.3 is 10.2 Å². The molecule has 0 saturated heterocycles. The lowest BCUT2D eigenvalue weighted by atomic mass is 10.0. The van der Waals surface area contributed by atoms with Crippen LogP contribution in [-0.2, 0) is 6.54 Å². The average molecular weight is 376 g/mol. The number of fused-ring (bicyclic) bond motifs is 3. The van der Waals surface area contributed by atoms with E-state index in [1.54, 1.807) is 0 Å². The molecule has 2 N–H and O–H groups in total. The van der Waals surface area contributed by atoms with Crippen molar-refractivity contribution in [3.8, 4) is 11.1 Å². The Labute approximate surface area is 169 Å². The fourth-order valence-corrected chi connectivity index (χ4v) is 3.63. The number of hydrogen-bond acceptors (Lipinski definition) is 2. The summed E-state index contributed by atoms with van der Waals surface area (Å²) in [5, 5.41) is 2.27. The smallest absolute Gasteiger partial charge is 0.135 e. The van der Waals surface area contributed by atoms with Crippen LogP contribution < -0.4 is 5.73 Å². The van der Waals surface area contributed by atoms with Gasteiger partial charge in [-0.25, -0.2) is 0 Å². The number of hydrogen-bond donors (Lipinski definition) is 1. The van der Waals surface area contributed by atoms with E-state index < -0.39 is 0 Å². The number of furan rings is 1. The minimum atomic E-state index is 0.547. The molecule has 3 heteroatoms. The molecule has 5 aromatic rings. The number of para-hydroxylation sites is 1. The summed E-state index contributed by atoms with van der Waals surface area (Å²) in [5.41, 5.74) is 12.3. The molecule has 0 bridgehead atoms. The molecule has 0 fully saturated rings. The summed E-state index contributed by atoms with van der Waals surface area (Å²) in [4.78, 5) is 4.56. The predicted octanol–water partition coefficient (Wildman–Crippen LogP) is 6.16. The molecule has 140 valence electrons. The lowest BCUT2D eigenvalue weighted by Crippen LogP contribution is -2.13. The average Bonchev–Trinajstić information content (AvgIpc) is 3.16. The van der Waals surface area contributed by atoms with Gasteiger partial charge in [-0.05, 0) is 41.0 Å². The highest BCUT2D eigenvalue weighted by atomic mass is 16.3. The second-order valence-electron chi connectivity index (χ2n) is 7.08. The van der Waals surface area contributed by atoms with Crippen LogP contribution in [0, 0.1) is 0 Å². The van der Waals surface area contributed by atoms with Crippen molar-refractivity contribution in [2.75, 3.05) is 0 Å². The van der Waals surface area contributed by atoms with Crippen LogP contribution >= 0.6 is 0 Å². The Morgan fingerprint density at radius 2 is 1.45 bits per heavy atom. The van der Waals surface area contributed by atoms with E-state index in [2.05, 4.69) is 47.5 Å². The number of benzene rings is 4.